The van der Waals surface area contributed by atoms with Crippen LogP contribution in [0.25, 0.3) is 0 Å². The van der Waals surface area contributed by atoms with E-state index >= 15 is 0 Å². The Kier molecular flexibility index (Phi) is 5.32. The number of benzene rings is 2. The molecule has 0 unspecified atom stereocenters. The van der Waals surface area contributed by atoms with Crippen molar-refractivity contribution in [3.63, 3.8) is 0 Å². The van der Waals surface area contributed by atoms with Gasteiger partial charge in [0.15, 0.2) is 0 Å². The first-order valence-corrected chi connectivity index (χ1v) is 11.5. The molecule has 2 aromatic carbocycles. The highest BCUT2D eigenvalue weighted by molar-refractivity contribution is 7.89. The molecule has 0 bridgehead atoms. The molecule has 0 saturated carbocycles. The molecule has 4 rings (SSSR count). The minimum Gasteiger partial charge on any atom is -0.486 e. The number of amides is 1. The Balaban J connectivity index is 1.53. The van der Waals surface area contributed by atoms with E-state index in [2.05, 4.69) is 0 Å². The van der Waals surface area contributed by atoms with Crippen LogP contribution in [-0.4, -0.2) is 55.3 Å². The molecule has 0 atom stereocenters. The number of hydrogen-bond donors (Lipinski definition) is 0. The number of sulfonamides is 1. The lowest BCUT2D eigenvalue weighted by molar-refractivity contribution is 0.0764. The third-order valence-corrected chi connectivity index (χ3v) is 7.43. The zero-order chi connectivity index (χ0) is 21.5. The normalized spacial score (nSPS) is 19.1. The third-order valence-electron chi connectivity index (χ3n) is 5.51. The number of ether oxygens (including phenoxy) is 1. The molecule has 1 saturated heterocycles. The summed E-state index contributed by atoms with van der Waals surface area (Å²) in [5.41, 5.74) is 0.846. The van der Waals surface area contributed by atoms with Crippen LogP contribution >= 0.6 is 0 Å². The molecule has 0 spiro atoms. The van der Waals surface area contributed by atoms with E-state index in [0.29, 0.717) is 37.2 Å². The van der Waals surface area contributed by atoms with Crippen LogP contribution in [-0.2, 0) is 16.4 Å². The Bertz CT molecular complexity index is 1070. The van der Waals surface area contributed by atoms with Gasteiger partial charge in [0.1, 0.15) is 22.1 Å². The number of carbonyl (C=O) groups is 1. The lowest BCUT2D eigenvalue weighted by Gasteiger charge is -2.23. The van der Waals surface area contributed by atoms with Gasteiger partial charge in [-0.1, -0.05) is 12.1 Å². The van der Waals surface area contributed by atoms with Gasteiger partial charge < -0.3 is 9.64 Å². The van der Waals surface area contributed by atoms with E-state index in [4.69, 9.17) is 4.74 Å². The molecule has 30 heavy (non-hydrogen) atoms. The van der Waals surface area contributed by atoms with Gasteiger partial charge in [-0.25, -0.2) is 12.8 Å². The maximum Gasteiger partial charge on any atom is 0.253 e. The largest absolute Gasteiger partial charge is 0.486 e. The molecule has 2 aromatic rings. The molecule has 2 heterocycles. The quantitative estimate of drug-likeness (QED) is 0.748. The Hall–Kier alpha value is -2.45. The lowest BCUT2D eigenvalue weighted by atomic mass is 10.0. The van der Waals surface area contributed by atoms with Crippen LogP contribution in [0.4, 0.5) is 4.39 Å². The summed E-state index contributed by atoms with van der Waals surface area (Å²) < 4.78 is 47.3. The second-order valence-corrected chi connectivity index (χ2v) is 10.2. The zero-order valence-corrected chi connectivity index (χ0v) is 17.9. The predicted molar refractivity (Wildman–Crippen MR) is 111 cm³/mol. The van der Waals surface area contributed by atoms with E-state index in [0.717, 1.165) is 5.56 Å². The smallest absolute Gasteiger partial charge is 0.253 e. The molecule has 6 nitrogen and oxygen atoms in total. The molecule has 2 aliphatic rings. The number of fused-ring (bicyclic) bond motifs is 1. The van der Waals surface area contributed by atoms with E-state index in [1.54, 1.807) is 17.0 Å². The van der Waals surface area contributed by atoms with Crippen LogP contribution in [0, 0.1) is 5.82 Å². The van der Waals surface area contributed by atoms with Crippen molar-refractivity contribution in [2.24, 2.45) is 0 Å². The summed E-state index contributed by atoms with van der Waals surface area (Å²) in [5.74, 6) is -0.189. The number of carbonyl (C=O) groups excluding carboxylic acids is 1. The van der Waals surface area contributed by atoms with Gasteiger partial charge in [0, 0.05) is 38.2 Å². The minimum absolute atomic E-state index is 0.184. The lowest BCUT2D eigenvalue weighted by Crippen LogP contribution is -2.37. The van der Waals surface area contributed by atoms with Crippen LogP contribution in [0.5, 0.6) is 5.75 Å². The zero-order valence-electron chi connectivity index (χ0n) is 17.1. The fraction of sp³-hybridized carbons (Fsp3) is 0.409. The molecule has 1 fully saturated rings. The van der Waals surface area contributed by atoms with E-state index in [1.165, 1.54) is 28.6 Å². The van der Waals surface area contributed by atoms with Gasteiger partial charge in [-0.15, -0.1) is 0 Å². The second-order valence-electron chi connectivity index (χ2n) is 8.34. The number of para-hydroxylation sites is 1. The van der Waals surface area contributed by atoms with Crippen LogP contribution in [0.15, 0.2) is 47.4 Å². The molecule has 0 aliphatic carbocycles. The number of halogens is 1. The highest BCUT2D eigenvalue weighted by Gasteiger charge is 2.37. The predicted octanol–water partition coefficient (Wildman–Crippen LogP) is 3.08. The first-order chi connectivity index (χ1) is 14.2. The summed E-state index contributed by atoms with van der Waals surface area (Å²) in [4.78, 5) is 14.5. The summed E-state index contributed by atoms with van der Waals surface area (Å²) in [6.45, 7) is 5.11. The average Bonchev–Trinajstić information content (AvgIpc) is 2.86. The third kappa shape index (κ3) is 3.94. The van der Waals surface area contributed by atoms with Gasteiger partial charge in [0.2, 0.25) is 10.0 Å². The number of hydrogen-bond acceptors (Lipinski definition) is 4. The van der Waals surface area contributed by atoms with Crippen molar-refractivity contribution in [3.05, 3.63) is 59.4 Å². The van der Waals surface area contributed by atoms with Gasteiger partial charge in [0.25, 0.3) is 5.91 Å². The van der Waals surface area contributed by atoms with Gasteiger partial charge in [-0.3, -0.25) is 4.79 Å². The van der Waals surface area contributed by atoms with E-state index in [9.17, 15) is 17.6 Å². The van der Waals surface area contributed by atoms with E-state index in [1.807, 2.05) is 19.9 Å². The minimum atomic E-state index is -3.76. The van der Waals surface area contributed by atoms with Gasteiger partial charge >= 0.3 is 0 Å². The Morgan fingerprint density at radius 2 is 1.77 bits per heavy atom. The van der Waals surface area contributed by atoms with Gasteiger partial charge in [-0.2, -0.15) is 4.31 Å². The van der Waals surface area contributed by atoms with Crippen LogP contribution in [0.1, 0.15) is 36.2 Å². The summed E-state index contributed by atoms with van der Waals surface area (Å²) >= 11 is 0. The maximum atomic E-state index is 13.4. The Morgan fingerprint density at radius 1 is 1.03 bits per heavy atom. The van der Waals surface area contributed by atoms with E-state index in [-0.39, 0.29) is 23.9 Å². The summed E-state index contributed by atoms with van der Waals surface area (Å²) in [7, 11) is -3.76. The fourth-order valence-corrected chi connectivity index (χ4v) is 5.67. The van der Waals surface area contributed by atoms with Crippen molar-refractivity contribution in [1.82, 2.24) is 9.21 Å². The van der Waals surface area contributed by atoms with Crippen LogP contribution in [0.3, 0.4) is 0 Å². The van der Waals surface area contributed by atoms with Crippen molar-refractivity contribution >= 4 is 15.9 Å². The highest BCUT2D eigenvalue weighted by Crippen LogP contribution is 2.40. The van der Waals surface area contributed by atoms with Crippen LogP contribution in [0.2, 0.25) is 0 Å². The molecule has 0 N–H and O–H groups in total. The molecular weight excluding hydrogens is 407 g/mol. The van der Waals surface area contributed by atoms with Crippen molar-refractivity contribution in [2.75, 3.05) is 26.2 Å². The number of rotatable bonds is 3. The first kappa shape index (κ1) is 20.8. The topological polar surface area (TPSA) is 66.9 Å². The monoisotopic (exact) mass is 432 g/mol. The molecule has 160 valence electrons. The van der Waals surface area contributed by atoms with Crippen molar-refractivity contribution < 1.29 is 22.3 Å². The van der Waals surface area contributed by atoms with Gasteiger partial charge in [-0.05, 0) is 56.2 Å². The molecule has 1 amide bonds. The SMILES string of the molecule is CC1(C)Cc2cccc(S(=O)(=O)N3CCCN(C(=O)c4ccc(F)cc4)CC3)c2O1. The molecule has 8 heteroatoms. The highest BCUT2D eigenvalue weighted by atomic mass is 32.2. The standard InChI is InChI=1S/C22H25FN2O4S/c1-22(2)15-17-5-3-6-19(20(17)29-22)30(27,28)25-12-4-11-24(13-14-25)21(26)16-7-9-18(23)10-8-16/h3,5-10H,4,11-15H2,1-2H3. The average molecular weight is 433 g/mol. The number of nitrogens with zero attached hydrogens (tertiary/aromatic N) is 2. The second kappa shape index (κ2) is 7.67. The first-order valence-electron chi connectivity index (χ1n) is 10.0. The Labute approximate surface area is 176 Å². The summed E-state index contributed by atoms with van der Waals surface area (Å²) in [6.07, 6.45) is 1.18. The van der Waals surface area contributed by atoms with E-state index < -0.39 is 21.4 Å². The molecule has 0 aromatic heterocycles. The van der Waals surface area contributed by atoms with Crippen LogP contribution < -0.4 is 4.74 Å². The van der Waals surface area contributed by atoms with Gasteiger partial charge in [0.05, 0.1) is 0 Å². The molecule has 0 radical (unpaired) electrons. The fourth-order valence-electron chi connectivity index (χ4n) is 4.04. The van der Waals surface area contributed by atoms with Crippen molar-refractivity contribution in [2.45, 2.75) is 37.2 Å². The van der Waals surface area contributed by atoms with Crippen molar-refractivity contribution in [3.8, 4) is 5.75 Å². The molecular formula is C22H25FN2O4S. The Morgan fingerprint density at radius 3 is 2.50 bits per heavy atom. The van der Waals surface area contributed by atoms with Crippen molar-refractivity contribution in [1.29, 1.82) is 0 Å². The molecule has 2 aliphatic heterocycles. The summed E-state index contributed by atoms with van der Waals surface area (Å²) in [5, 5.41) is 0. The summed E-state index contributed by atoms with van der Waals surface area (Å²) in [6, 6.07) is 10.6. The maximum absolute atomic E-state index is 13.4.